The van der Waals surface area contributed by atoms with E-state index in [1.54, 1.807) is 0 Å². The van der Waals surface area contributed by atoms with Crippen LogP contribution in [0.3, 0.4) is 0 Å². The van der Waals surface area contributed by atoms with Gasteiger partial charge >= 0.3 is 0 Å². The van der Waals surface area contributed by atoms with Gasteiger partial charge in [0, 0.05) is 16.6 Å². The largest absolute Gasteiger partial charge is 0.320 e. The molecule has 80 valence electrons. The fourth-order valence-electron chi connectivity index (χ4n) is 3.03. The molecule has 3 heteroatoms. The van der Waals surface area contributed by atoms with Gasteiger partial charge in [0.15, 0.2) is 0 Å². The molecule has 1 aromatic carbocycles. The van der Waals surface area contributed by atoms with Crippen LogP contribution < -0.4 is 11.1 Å². The molecule has 3 atom stereocenters. The van der Waals surface area contributed by atoms with Crippen molar-refractivity contribution in [3.05, 3.63) is 34.3 Å². The maximum atomic E-state index is 6.55. The number of hydrogen-bond acceptors (Lipinski definition) is 2. The van der Waals surface area contributed by atoms with Crippen LogP contribution in [0.15, 0.2) is 28.7 Å². The third-order valence-corrected chi connectivity index (χ3v) is 4.30. The van der Waals surface area contributed by atoms with Gasteiger partial charge in [0.05, 0.1) is 5.54 Å². The minimum atomic E-state index is -0.146. The maximum absolute atomic E-state index is 6.55. The first-order valence-electron chi connectivity index (χ1n) is 5.49. The summed E-state index contributed by atoms with van der Waals surface area (Å²) < 4.78 is 1.12. The summed E-state index contributed by atoms with van der Waals surface area (Å²) in [5, 5.41) is 3.60. The second-order valence-electron chi connectivity index (χ2n) is 4.75. The molecule has 2 heterocycles. The SMILES string of the molecule is NC1(c2cccc(Br)c2)CC2CCC1N2. The Morgan fingerprint density at radius 1 is 1.40 bits per heavy atom. The molecule has 0 saturated carbocycles. The number of rotatable bonds is 1. The van der Waals surface area contributed by atoms with Crippen LogP contribution in [0.4, 0.5) is 0 Å². The number of nitrogens with two attached hydrogens (primary N) is 1. The summed E-state index contributed by atoms with van der Waals surface area (Å²) in [6, 6.07) is 9.53. The van der Waals surface area contributed by atoms with Crippen molar-refractivity contribution < 1.29 is 0 Å². The second kappa shape index (κ2) is 3.30. The fourth-order valence-corrected chi connectivity index (χ4v) is 3.43. The monoisotopic (exact) mass is 266 g/mol. The minimum Gasteiger partial charge on any atom is -0.320 e. The molecular formula is C12H15BrN2. The molecule has 0 aromatic heterocycles. The Balaban J connectivity index is 2.00. The predicted molar refractivity (Wildman–Crippen MR) is 64.6 cm³/mol. The van der Waals surface area contributed by atoms with E-state index in [4.69, 9.17) is 5.73 Å². The highest BCUT2D eigenvalue weighted by Crippen LogP contribution is 2.41. The molecule has 15 heavy (non-hydrogen) atoms. The molecule has 2 bridgehead atoms. The first kappa shape index (κ1) is 9.82. The van der Waals surface area contributed by atoms with Gasteiger partial charge in [0.25, 0.3) is 0 Å². The van der Waals surface area contributed by atoms with Crippen LogP contribution in [0.25, 0.3) is 0 Å². The zero-order valence-corrected chi connectivity index (χ0v) is 10.1. The van der Waals surface area contributed by atoms with Gasteiger partial charge in [0.2, 0.25) is 0 Å². The lowest BCUT2D eigenvalue weighted by atomic mass is 9.77. The molecule has 3 unspecified atom stereocenters. The van der Waals surface area contributed by atoms with Gasteiger partial charge < -0.3 is 11.1 Å². The molecule has 2 saturated heterocycles. The van der Waals surface area contributed by atoms with Crippen molar-refractivity contribution in [2.24, 2.45) is 5.73 Å². The number of benzene rings is 1. The number of nitrogens with one attached hydrogen (secondary N) is 1. The van der Waals surface area contributed by atoms with Gasteiger partial charge in [-0.1, -0.05) is 28.1 Å². The first-order valence-corrected chi connectivity index (χ1v) is 6.29. The highest BCUT2D eigenvalue weighted by atomic mass is 79.9. The summed E-state index contributed by atoms with van der Waals surface area (Å²) >= 11 is 3.51. The summed E-state index contributed by atoms with van der Waals surface area (Å²) in [6.45, 7) is 0. The Morgan fingerprint density at radius 3 is 2.87 bits per heavy atom. The Morgan fingerprint density at radius 2 is 2.27 bits per heavy atom. The summed E-state index contributed by atoms with van der Waals surface area (Å²) in [7, 11) is 0. The van der Waals surface area contributed by atoms with Gasteiger partial charge in [-0.05, 0) is 37.0 Å². The molecule has 2 fully saturated rings. The normalized spacial score (nSPS) is 38.5. The van der Waals surface area contributed by atoms with Crippen molar-refractivity contribution in [2.45, 2.75) is 36.9 Å². The number of fused-ring (bicyclic) bond motifs is 2. The van der Waals surface area contributed by atoms with E-state index >= 15 is 0 Å². The van der Waals surface area contributed by atoms with Crippen LogP contribution in [-0.4, -0.2) is 12.1 Å². The van der Waals surface area contributed by atoms with Crippen molar-refractivity contribution in [3.8, 4) is 0 Å². The van der Waals surface area contributed by atoms with Crippen molar-refractivity contribution in [3.63, 3.8) is 0 Å². The van der Waals surface area contributed by atoms with E-state index in [0.29, 0.717) is 12.1 Å². The summed E-state index contributed by atoms with van der Waals surface area (Å²) in [5.74, 6) is 0. The first-order chi connectivity index (χ1) is 7.18. The maximum Gasteiger partial charge on any atom is 0.0580 e. The molecule has 2 aliphatic rings. The standard InChI is InChI=1S/C12H15BrN2/c13-9-3-1-2-8(6-9)12(14)7-10-4-5-11(12)15-10/h1-3,6,10-11,15H,4-5,7,14H2. The van der Waals surface area contributed by atoms with E-state index in [1.807, 2.05) is 6.07 Å². The predicted octanol–water partition coefficient (Wildman–Crippen LogP) is 2.13. The van der Waals surface area contributed by atoms with Gasteiger partial charge in [-0.25, -0.2) is 0 Å². The molecule has 0 aliphatic carbocycles. The lowest BCUT2D eigenvalue weighted by Crippen LogP contribution is -2.47. The van der Waals surface area contributed by atoms with Crippen molar-refractivity contribution in [2.75, 3.05) is 0 Å². The van der Waals surface area contributed by atoms with E-state index in [-0.39, 0.29) is 5.54 Å². The highest BCUT2D eigenvalue weighted by Gasteiger charge is 2.49. The highest BCUT2D eigenvalue weighted by molar-refractivity contribution is 9.10. The van der Waals surface area contributed by atoms with Crippen LogP contribution in [0, 0.1) is 0 Å². The van der Waals surface area contributed by atoms with Crippen LogP contribution >= 0.6 is 15.9 Å². The quantitative estimate of drug-likeness (QED) is 0.818. The molecule has 0 radical (unpaired) electrons. The average Bonchev–Trinajstić information content (AvgIpc) is 2.78. The third-order valence-electron chi connectivity index (χ3n) is 3.81. The van der Waals surface area contributed by atoms with Gasteiger partial charge in [-0.15, -0.1) is 0 Å². The van der Waals surface area contributed by atoms with E-state index in [2.05, 4.69) is 39.4 Å². The summed E-state index contributed by atoms with van der Waals surface area (Å²) in [5.41, 5.74) is 7.67. The molecule has 0 spiro atoms. The third kappa shape index (κ3) is 1.45. The van der Waals surface area contributed by atoms with Gasteiger partial charge in [-0.2, -0.15) is 0 Å². The van der Waals surface area contributed by atoms with Gasteiger partial charge in [-0.3, -0.25) is 0 Å². The Hall–Kier alpha value is -0.380. The van der Waals surface area contributed by atoms with E-state index < -0.39 is 0 Å². The minimum absolute atomic E-state index is 0.146. The Bertz CT molecular complexity index is 393. The average molecular weight is 267 g/mol. The van der Waals surface area contributed by atoms with Crippen LogP contribution in [0.1, 0.15) is 24.8 Å². The second-order valence-corrected chi connectivity index (χ2v) is 5.66. The molecule has 2 aliphatic heterocycles. The molecule has 3 N–H and O–H groups in total. The lowest BCUT2D eigenvalue weighted by molar-refractivity contribution is 0.343. The van der Waals surface area contributed by atoms with E-state index in [9.17, 15) is 0 Å². The van der Waals surface area contributed by atoms with E-state index in [0.717, 1.165) is 10.9 Å². The lowest BCUT2D eigenvalue weighted by Gasteiger charge is -2.33. The summed E-state index contributed by atoms with van der Waals surface area (Å²) in [4.78, 5) is 0. The topological polar surface area (TPSA) is 38.0 Å². The van der Waals surface area contributed by atoms with Crippen molar-refractivity contribution >= 4 is 15.9 Å². The molecular weight excluding hydrogens is 252 g/mol. The molecule has 2 nitrogen and oxygen atoms in total. The molecule has 1 aromatic rings. The number of halogens is 1. The Labute approximate surface area is 98.4 Å². The van der Waals surface area contributed by atoms with Crippen LogP contribution in [0.5, 0.6) is 0 Å². The smallest absolute Gasteiger partial charge is 0.0580 e. The summed E-state index contributed by atoms with van der Waals surface area (Å²) in [6.07, 6.45) is 3.58. The van der Waals surface area contributed by atoms with Crippen molar-refractivity contribution in [1.29, 1.82) is 0 Å². The molecule has 0 amide bonds. The zero-order valence-electron chi connectivity index (χ0n) is 8.54. The van der Waals surface area contributed by atoms with E-state index in [1.165, 1.54) is 18.4 Å². The zero-order chi connectivity index (χ0) is 10.5. The van der Waals surface area contributed by atoms with Crippen molar-refractivity contribution in [1.82, 2.24) is 5.32 Å². The Kier molecular flexibility index (Phi) is 2.16. The number of hydrogen-bond donors (Lipinski definition) is 2. The molecule has 3 rings (SSSR count). The van der Waals surface area contributed by atoms with Crippen LogP contribution in [0.2, 0.25) is 0 Å². The van der Waals surface area contributed by atoms with Crippen LogP contribution in [-0.2, 0) is 5.54 Å². The fraction of sp³-hybridized carbons (Fsp3) is 0.500. The van der Waals surface area contributed by atoms with Gasteiger partial charge in [0.1, 0.15) is 0 Å².